The number of hydrogen-bond acceptors (Lipinski definition) is 4. The van der Waals surface area contributed by atoms with E-state index in [0.717, 1.165) is 22.3 Å². The summed E-state index contributed by atoms with van der Waals surface area (Å²) in [6.45, 7) is 0.286. The SMILES string of the molecule is CN(C(=O)C(F)(F)F)C1CCc2cc(N3CCC(N(C)S(=O)(=O)c4ccc5cc(Cl)ccc5c4)C3=O)ccc21. The molecule has 39 heavy (non-hydrogen) atoms. The molecule has 0 N–H and O–H groups in total. The van der Waals surface area contributed by atoms with E-state index in [-0.39, 0.29) is 23.8 Å². The van der Waals surface area contributed by atoms with Crippen molar-refractivity contribution in [1.82, 2.24) is 9.21 Å². The van der Waals surface area contributed by atoms with Gasteiger partial charge in [-0.2, -0.15) is 17.5 Å². The molecule has 7 nitrogen and oxygen atoms in total. The van der Waals surface area contributed by atoms with Crippen molar-refractivity contribution < 1.29 is 31.2 Å². The maximum absolute atomic E-state index is 13.4. The van der Waals surface area contributed by atoms with Crippen molar-refractivity contribution >= 4 is 49.9 Å². The van der Waals surface area contributed by atoms with Crippen LogP contribution in [0.1, 0.15) is 30.0 Å². The summed E-state index contributed by atoms with van der Waals surface area (Å²) < 4.78 is 66.7. The Morgan fingerprint density at radius 3 is 2.38 bits per heavy atom. The fraction of sp³-hybridized carbons (Fsp3) is 0.333. The van der Waals surface area contributed by atoms with E-state index in [2.05, 4.69) is 0 Å². The number of nitrogens with zero attached hydrogens (tertiary/aromatic N) is 3. The number of sulfonamides is 1. The number of hydrogen-bond donors (Lipinski definition) is 0. The van der Waals surface area contributed by atoms with Gasteiger partial charge in [-0.3, -0.25) is 9.59 Å². The largest absolute Gasteiger partial charge is 0.471 e. The number of alkyl halides is 3. The van der Waals surface area contributed by atoms with E-state index < -0.39 is 34.2 Å². The second kappa shape index (κ2) is 9.79. The minimum atomic E-state index is -4.96. The molecule has 5 rings (SSSR count). The summed E-state index contributed by atoms with van der Waals surface area (Å²) in [6, 6.07) is 13.2. The highest BCUT2D eigenvalue weighted by Gasteiger charge is 2.45. The quantitative estimate of drug-likeness (QED) is 0.430. The molecular formula is C27H25ClF3N3O4S. The molecule has 0 aromatic heterocycles. The van der Waals surface area contributed by atoms with Gasteiger partial charge in [0.05, 0.1) is 10.9 Å². The average Bonchev–Trinajstić information content (AvgIpc) is 3.49. The number of likely N-dealkylation sites (N-methyl/N-ethyl adjacent to an activating group) is 1. The first-order valence-corrected chi connectivity index (χ1v) is 14.1. The van der Waals surface area contributed by atoms with Crippen molar-refractivity contribution in [2.45, 2.75) is 42.4 Å². The maximum Gasteiger partial charge on any atom is 0.471 e. The van der Waals surface area contributed by atoms with Crippen LogP contribution in [-0.2, 0) is 26.0 Å². The number of rotatable bonds is 5. The topological polar surface area (TPSA) is 78.0 Å². The maximum atomic E-state index is 13.4. The highest BCUT2D eigenvalue weighted by atomic mass is 35.5. The molecule has 2 atom stereocenters. The molecule has 3 aromatic carbocycles. The first-order valence-electron chi connectivity index (χ1n) is 12.2. The lowest BCUT2D eigenvalue weighted by molar-refractivity contribution is -0.186. The zero-order valence-corrected chi connectivity index (χ0v) is 22.6. The van der Waals surface area contributed by atoms with Gasteiger partial charge in [-0.1, -0.05) is 29.8 Å². The molecule has 1 aliphatic carbocycles. The van der Waals surface area contributed by atoms with E-state index in [4.69, 9.17) is 11.6 Å². The molecule has 0 bridgehead atoms. The third-order valence-electron chi connectivity index (χ3n) is 7.58. The van der Waals surface area contributed by atoms with Gasteiger partial charge < -0.3 is 9.80 Å². The molecule has 2 amide bonds. The Kier molecular flexibility index (Phi) is 6.89. The predicted octanol–water partition coefficient (Wildman–Crippen LogP) is 4.93. The van der Waals surface area contributed by atoms with E-state index >= 15 is 0 Å². The molecule has 0 saturated carbocycles. The van der Waals surface area contributed by atoms with Crippen molar-refractivity contribution in [3.05, 3.63) is 70.7 Å². The molecule has 206 valence electrons. The molecule has 12 heteroatoms. The van der Waals surface area contributed by atoms with Crippen molar-refractivity contribution in [3.8, 4) is 0 Å². The standard InChI is InChI=1S/C27H25ClF3N3O4S/c1-32(26(36)27(29,30)31)23-10-5-18-14-20(7-9-22(18)23)34-12-11-24(25(34)35)33(2)39(37,38)21-8-4-16-13-19(28)6-3-17(16)15-21/h3-4,6-9,13-15,23-24H,5,10-12H2,1-2H3. The molecule has 1 heterocycles. The molecule has 1 fully saturated rings. The van der Waals surface area contributed by atoms with Gasteiger partial charge in [-0.15, -0.1) is 0 Å². The van der Waals surface area contributed by atoms with E-state index in [1.165, 1.54) is 18.0 Å². The van der Waals surface area contributed by atoms with Gasteiger partial charge in [0.2, 0.25) is 15.9 Å². The van der Waals surface area contributed by atoms with Gasteiger partial charge in [0.25, 0.3) is 0 Å². The smallest absolute Gasteiger partial charge is 0.331 e. The van der Waals surface area contributed by atoms with Crippen molar-refractivity contribution in [1.29, 1.82) is 0 Å². The number of benzene rings is 3. The monoisotopic (exact) mass is 579 g/mol. The van der Waals surface area contributed by atoms with Crippen molar-refractivity contribution in [3.63, 3.8) is 0 Å². The van der Waals surface area contributed by atoms with Crippen LogP contribution in [-0.4, -0.2) is 62.3 Å². The Morgan fingerprint density at radius 1 is 0.974 bits per heavy atom. The Hall–Kier alpha value is -3.15. The van der Waals surface area contributed by atoms with Crippen LogP contribution in [0, 0.1) is 0 Å². The molecule has 1 saturated heterocycles. The second-order valence-electron chi connectivity index (χ2n) is 9.82. The Morgan fingerprint density at radius 2 is 1.67 bits per heavy atom. The summed E-state index contributed by atoms with van der Waals surface area (Å²) in [5.74, 6) is -2.28. The van der Waals surface area contributed by atoms with Crippen LogP contribution < -0.4 is 4.90 Å². The lowest BCUT2D eigenvalue weighted by Crippen LogP contribution is -2.42. The van der Waals surface area contributed by atoms with Crippen LogP contribution in [0.3, 0.4) is 0 Å². The van der Waals surface area contributed by atoms with Gasteiger partial charge in [0.1, 0.15) is 6.04 Å². The van der Waals surface area contributed by atoms with Gasteiger partial charge in [-0.25, -0.2) is 8.42 Å². The first kappa shape index (κ1) is 27.4. The van der Waals surface area contributed by atoms with Crippen LogP contribution in [0.2, 0.25) is 5.02 Å². The number of fused-ring (bicyclic) bond motifs is 2. The zero-order valence-electron chi connectivity index (χ0n) is 21.1. The van der Waals surface area contributed by atoms with Crippen LogP contribution in [0.4, 0.5) is 18.9 Å². The summed E-state index contributed by atoms with van der Waals surface area (Å²) in [4.78, 5) is 27.4. The lowest BCUT2D eigenvalue weighted by atomic mass is 10.1. The number of amides is 2. The average molecular weight is 580 g/mol. The van der Waals surface area contributed by atoms with E-state index in [0.29, 0.717) is 39.4 Å². The van der Waals surface area contributed by atoms with Crippen LogP contribution >= 0.6 is 11.6 Å². The summed E-state index contributed by atoms with van der Waals surface area (Å²) in [7, 11) is -1.46. The van der Waals surface area contributed by atoms with E-state index in [9.17, 15) is 31.2 Å². The number of aryl methyl sites for hydroxylation is 1. The highest BCUT2D eigenvalue weighted by Crippen LogP contribution is 2.39. The molecule has 1 aliphatic heterocycles. The zero-order chi connectivity index (χ0) is 28.3. The fourth-order valence-corrected chi connectivity index (χ4v) is 7.00. The Bertz CT molecular complexity index is 1590. The third kappa shape index (κ3) is 4.87. The van der Waals surface area contributed by atoms with Gasteiger partial charge in [-0.05, 0) is 77.6 Å². The summed E-state index contributed by atoms with van der Waals surface area (Å²) in [5.41, 5.74) is 1.91. The number of carbonyl (C=O) groups excluding carboxylic acids is 2. The highest BCUT2D eigenvalue weighted by molar-refractivity contribution is 7.89. The minimum Gasteiger partial charge on any atom is -0.331 e. The molecule has 0 spiro atoms. The van der Waals surface area contributed by atoms with E-state index in [1.807, 2.05) is 0 Å². The number of anilines is 1. The molecule has 0 radical (unpaired) electrons. The molecule has 2 aliphatic rings. The first-order chi connectivity index (χ1) is 18.3. The Balaban J connectivity index is 1.34. The minimum absolute atomic E-state index is 0.0622. The Labute approximate surface area is 228 Å². The summed E-state index contributed by atoms with van der Waals surface area (Å²) in [6.07, 6.45) is -3.88. The molecule has 3 aromatic rings. The predicted molar refractivity (Wildman–Crippen MR) is 141 cm³/mol. The molecular weight excluding hydrogens is 555 g/mol. The van der Waals surface area contributed by atoms with Crippen LogP contribution in [0.5, 0.6) is 0 Å². The third-order valence-corrected chi connectivity index (χ3v) is 9.68. The summed E-state index contributed by atoms with van der Waals surface area (Å²) >= 11 is 6.02. The fourth-order valence-electron chi connectivity index (χ4n) is 5.44. The lowest BCUT2D eigenvalue weighted by Gasteiger charge is -2.27. The number of carbonyl (C=O) groups is 2. The number of halogens is 4. The van der Waals surface area contributed by atoms with Crippen molar-refractivity contribution in [2.75, 3.05) is 25.5 Å². The second-order valence-corrected chi connectivity index (χ2v) is 12.3. The van der Waals surface area contributed by atoms with Gasteiger partial charge in [0, 0.05) is 31.4 Å². The normalized spacial score (nSPS) is 19.7. The van der Waals surface area contributed by atoms with Gasteiger partial charge in [0.15, 0.2) is 0 Å². The molecule has 2 unspecified atom stereocenters. The van der Waals surface area contributed by atoms with Crippen molar-refractivity contribution in [2.24, 2.45) is 0 Å². The summed E-state index contributed by atoms with van der Waals surface area (Å²) in [5, 5.41) is 2.03. The van der Waals surface area contributed by atoms with E-state index in [1.54, 1.807) is 48.5 Å². The van der Waals surface area contributed by atoms with Crippen LogP contribution in [0.15, 0.2) is 59.5 Å². The van der Waals surface area contributed by atoms with Gasteiger partial charge >= 0.3 is 12.1 Å². The van der Waals surface area contributed by atoms with Crippen LogP contribution in [0.25, 0.3) is 10.8 Å².